The number of hydrogen-bond acceptors (Lipinski definition) is 5. The van der Waals surface area contributed by atoms with Crippen molar-refractivity contribution in [2.75, 3.05) is 5.43 Å². The maximum atomic E-state index is 13.1. The number of amides is 2. The highest BCUT2D eigenvalue weighted by molar-refractivity contribution is 6.04. The van der Waals surface area contributed by atoms with Crippen LogP contribution in [0.2, 0.25) is 0 Å². The Morgan fingerprint density at radius 1 is 0.833 bits per heavy atom. The van der Waals surface area contributed by atoms with Gasteiger partial charge in [-0.25, -0.2) is 4.79 Å². The topological polar surface area (TPSA) is 67.9 Å². The van der Waals surface area contributed by atoms with Gasteiger partial charge in [-0.15, -0.1) is 5.01 Å². The van der Waals surface area contributed by atoms with Crippen LogP contribution in [0.5, 0.6) is 11.5 Å². The van der Waals surface area contributed by atoms with E-state index in [0.717, 1.165) is 16.1 Å². The summed E-state index contributed by atoms with van der Waals surface area (Å²) in [6, 6.07) is 22.1. The zero-order valence-electron chi connectivity index (χ0n) is 17.0. The first-order chi connectivity index (χ1) is 14.4. The van der Waals surface area contributed by atoms with E-state index in [-0.39, 0.29) is 0 Å². The summed E-state index contributed by atoms with van der Waals surface area (Å²) in [5, 5.41) is 0.934. The number of aryl methyl sites for hydroxylation is 2. The van der Waals surface area contributed by atoms with E-state index in [9.17, 15) is 9.59 Å². The molecule has 1 atom stereocenters. The zero-order valence-corrected chi connectivity index (χ0v) is 17.0. The summed E-state index contributed by atoms with van der Waals surface area (Å²) in [6.07, 6.45) is -0.741. The Kier molecular flexibility index (Phi) is 4.91. The second-order valence-electron chi connectivity index (χ2n) is 7.36. The van der Waals surface area contributed by atoms with Gasteiger partial charge in [-0.05, 0) is 56.2 Å². The number of hydrogen-bond donors (Lipinski definition) is 1. The van der Waals surface area contributed by atoms with E-state index in [2.05, 4.69) is 5.43 Å². The number of nitrogens with zero attached hydrogens (tertiary/aromatic N) is 1. The van der Waals surface area contributed by atoms with E-state index >= 15 is 0 Å². The van der Waals surface area contributed by atoms with Gasteiger partial charge < -0.3 is 9.47 Å². The lowest BCUT2D eigenvalue weighted by atomic mass is 9.95. The number of ether oxygens (including phenoxy) is 2. The Labute approximate surface area is 175 Å². The first-order valence-electron chi connectivity index (χ1n) is 9.62. The molecule has 1 N–H and O–H groups in total. The van der Waals surface area contributed by atoms with Crippen molar-refractivity contribution < 1.29 is 19.1 Å². The van der Waals surface area contributed by atoms with E-state index in [1.54, 1.807) is 31.2 Å². The number of hydrazine groups is 1. The third-order valence-corrected chi connectivity index (χ3v) is 5.17. The Bertz CT molecular complexity index is 1080. The molecule has 1 heterocycles. The quantitative estimate of drug-likeness (QED) is 0.626. The van der Waals surface area contributed by atoms with Crippen LogP contribution in [0.1, 0.15) is 23.6 Å². The standard InChI is InChI=1S/C24H22N2O4/c1-16-8-7-9-17(2)21(16)25-26-22(27)24(3,30-23(26)28)18-12-14-20(15-13-18)29-19-10-5-4-6-11-19/h4-15,25H,1-3H3. The SMILES string of the molecule is Cc1cccc(C)c1NN1C(=O)OC(C)(c2ccc(Oc3ccccc3)cc2)C1=O. The number of cyclic esters (lactones) is 1. The number of nitrogens with one attached hydrogen (secondary N) is 1. The van der Waals surface area contributed by atoms with Crippen LogP contribution in [0.3, 0.4) is 0 Å². The van der Waals surface area contributed by atoms with Crippen LogP contribution in [-0.2, 0) is 15.1 Å². The van der Waals surface area contributed by atoms with Crippen LogP contribution in [0.15, 0.2) is 72.8 Å². The smallest absolute Gasteiger partial charge is 0.437 e. The molecule has 3 aromatic carbocycles. The van der Waals surface area contributed by atoms with E-state index in [1.165, 1.54) is 0 Å². The molecule has 1 aliphatic rings. The summed E-state index contributed by atoms with van der Waals surface area (Å²) in [4.78, 5) is 25.6. The molecule has 0 aromatic heterocycles. The predicted molar refractivity (Wildman–Crippen MR) is 113 cm³/mol. The number of carbonyl (C=O) groups is 2. The third kappa shape index (κ3) is 3.48. The number of rotatable bonds is 5. The molecule has 0 spiro atoms. The second-order valence-corrected chi connectivity index (χ2v) is 7.36. The van der Waals surface area contributed by atoms with Crippen molar-refractivity contribution in [3.8, 4) is 11.5 Å². The fourth-order valence-electron chi connectivity index (χ4n) is 3.41. The predicted octanol–water partition coefficient (Wildman–Crippen LogP) is 5.32. The molecule has 6 heteroatoms. The van der Waals surface area contributed by atoms with Gasteiger partial charge in [-0.3, -0.25) is 10.2 Å². The van der Waals surface area contributed by atoms with Crippen molar-refractivity contribution >= 4 is 17.7 Å². The van der Waals surface area contributed by atoms with Gasteiger partial charge in [-0.2, -0.15) is 0 Å². The van der Waals surface area contributed by atoms with E-state index in [0.29, 0.717) is 22.7 Å². The minimum atomic E-state index is -1.42. The number of imide groups is 1. The largest absolute Gasteiger partial charge is 0.457 e. The molecule has 0 saturated carbocycles. The highest BCUT2D eigenvalue weighted by atomic mass is 16.6. The Hall–Kier alpha value is -3.80. The summed E-state index contributed by atoms with van der Waals surface area (Å²) in [7, 11) is 0. The lowest BCUT2D eigenvalue weighted by Crippen LogP contribution is -2.40. The molecule has 4 rings (SSSR count). The third-order valence-electron chi connectivity index (χ3n) is 5.17. The van der Waals surface area contributed by atoms with Crippen molar-refractivity contribution in [3.63, 3.8) is 0 Å². The Balaban J connectivity index is 1.55. The summed E-state index contributed by atoms with van der Waals surface area (Å²) < 4.78 is 11.3. The molecule has 0 bridgehead atoms. The summed E-state index contributed by atoms with van der Waals surface area (Å²) in [5.74, 6) is 0.853. The van der Waals surface area contributed by atoms with Gasteiger partial charge in [0.05, 0.1) is 5.69 Å². The van der Waals surface area contributed by atoms with Crippen LogP contribution in [0, 0.1) is 13.8 Å². The summed E-state index contributed by atoms with van der Waals surface area (Å²) in [6.45, 7) is 5.41. The molecular weight excluding hydrogens is 380 g/mol. The molecule has 0 radical (unpaired) electrons. The average molecular weight is 402 g/mol. The van der Waals surface area contributed by atoms with E-state index in [1.807, 2.05) is 62.4 Å². The number of carbonyl (C=O) groups excluding carboxylic acids is 2. The van der Waals surface area contributed by atoms with Crippen LogP contribution >= 0.6 is 0 Å². The fraction of sp³-hybridized carbons (Fsp3) is 0.167. The van der Waals surface area contributed by atoms with E-state index < -0.39 is 17.6 Å². The van der Waals surface area contributed by atoms with Crippen molar-refractivity contribution in [1.82, 2.24) is 5.01 Å². The van der Waals surface area contributed by atoms with Crippen LogP contribution < -0.4 is 10.2 Å². The van der Waals surface area contributed by atoms with Gasteiger partial charge in [0.15, 0.2) is 0 Å². The van der Waals surface area contributed by atoms with Crippen molar-refractivity contribution in [1.29, 1.82) is 0 Å². The molecule has 1 unspecified atom stereocenters. The molecule has 1 fully saturated rings. The first kappa shape index (κ1) is 19.5. The van der Waals surface area contributed by atoms with Gasteiger partial charge >= 0.3 is 6.09 Å². The first-order valence-corrected chi connectivity index (χ1v) is 9.62. The zero-order chi connectivity index (χ0) is 21.3. The molecule has 6 nitrogen and oxygen atoms in total. The second kappa shape index (κ2) is 7.55. The number of para-hydroxylation sites is 2. The molecule has 1 aliphatic heterocycles. The minimum absolute atomic E-state index is 0.480. The lowest BCUT2D eigenvalue weighted by Gasteiger charge is -2.21. The minimum Gasteiger partial charge on any atom is -0.457 e. The van der Waals surface area contributed by atoms with Gasteiger partial charge in [0, 0.05) is 5.56 Å². The van der Waals surface area contributed by atoms with Gasteiger partial charge in [-0.1, -0.05) is 48.5 Å². The number of benzene rings is 3. The fourth-order valence-corrected chi connectivity index (χ4v) is 3.41. The maximum absolute atomic E-state index is 13.1. The lowest BCUT2D eigenvalue weighted by molar-refractivity contribution is -0.135. The van der Waals surface area contributed by atoms with Crippen LogP contribution in [0.25, 0.3) is 0 Å². The Morgan fingerprint density at radius 2 is 1.43 bits per heavy atom. The van der Waals surface area contributed by atoms with Gasteiger partial charge in [0.2, 0.25) is 5.60 Å². The molecule has 30 heavy (non-hydrogen) atoms. The van der Waals surface area contributed by atoms with Crippen LogP contribution in [0.4, 0.5) is 10.5 Å². The molecule has 3 aromatic rings. The summed E-state index contributed by atoms with van der Waals surface area (Å²) in [5.41, 5.74) is 4.62. The molecular formula is C24H22N2O4. The normalized spacial score (nSPS) is 18.3. The summed E-state index contributed by atoms with van der Waals surface area (Å²) >= 11 is 0. The van der Waals surface area contributed by atoms with Gasteiger partial charge in [0.25, 0.3) is 5.91 Å². The van der Waals surface area contributed by atoms with Crippen molar-refractivity contribution in [2.45, 2.75) is 26.4 Å². The monoisotopic (exact) mass is 402 g/mol. The highest BCUT2D eigenvalue weighted by Gasteiger charge is 2.52. The number of anilines is 1. The molecule has 152 valence electrons. The highest BCUT2D eigenvalue weighted by Crippen LogP contribution is 2.36. The molecule has 0 aliphatic carbocycles. The van der Waals surface area contributed by atoms with Crippen molar-refractivity contribution in [3.05, 3.63) is 89.5 Å². The molecule has 2 amide bonds. The Morgan fingerprint density at radius 3 is 2.07 bits per heavy atom. The maximum Gasteiger partial charge on any atom is 0.437 e. The van der Waals surface area contributed by atoms with Crippen molar-refractivity contribution in [2.24, 2.45) is 0 Å². The average Bonchev–Trinajstić information content (AvgIpc) is 2.95. The van der Waals surface area contributed by atoms with E-state index in [4.69, 9.17) is 9.47 Å². The van der Waals surface area contributed by atoms with Crippen LogP contribution in [-0.4, -0.2) is 17.0 Å². The molecule has 1 saturated heterocycles. The van der Waals surface area contributed by atoms with Gasteiger partial charge in [0.1, 0.15) is 11.5 Å².